The number of piperidine rings is 1. The molecule has 1 N–H and O–H groups in total. The van der Waals surface area contributed by atoms with Crippen LogP contribution in [0.1, 0.15) is 19.8 Å². The molecule has 1 aliphatic rings. The highest BCUT2D eigenvalue weighted by molar-refractivity contribution is 4.82. The largest absolute Gasteiger partial charge is 0.393 e. The van der Waals surface area contributed by atoms with Gasteiger partial charge in [-0.1, -0.05) is 6.08 Å². The molecule has 2 nitrogen and oxygen atoms in total. The van der Waals surface area contributed by atoms with Crippen LogP contribution in [-0.4, -0.2) is 43.3 Å². The van der Waals surface area contributed by atoms with Crippen LogP contribution in [0.2, 0.25) is 0 Å². The highest BCUT2D eigenvalue weighted by Gasteiger charge is 2.42. The SMILES string of the molecule is C=CCNCC(C)N1CCCC(C(F)(F)F)C1. The Balaban J connectivity index is 2.40. The van der Waals surface area contributed by atoms with Crippen molar-refractivity contribution in [2.45, 2.75) is 32.0 Å². The van der Waals surface area contributed by atoms with Crippen molar-refractivity contribution in [3.8, 4) is 0 Å². The average molecular weight is 250 g/mol. The van der Waals surface area contributed by atoms with Crippen LogP contribution in [0.4, 0.5) is 13.2 Å². The number of hydrogen-bond acceptors (Lipinski definition) is 2. The molecular formula is C12H21F3N2. The van der Waals surface area contributed by atoms with Gasteiger partial charge >= 0.3 is 6.18 Å². The number of nitrogens with one attached hydrogen (secondary N) is 1. The van der Waals surface area contributed by atoms with E-state index < -0.39 is 12.1 Å². The highest BCUT2D eigenvalue weighted by Crippen LogP contribution is 2.33. The van der Waals surface area contributed by atoms with E-state index in [1.807, 2.05) is 11.8 Å². The first kappa shape index (κ1) is 14.5. The van der Waals surface area contributed by atoms with Crippen LogP contribution in [0.25, 0.3) is 0 Å². The van der Waals surface area contributed by atoms with Crippen molar-refractivity contribution in [2.24, 2.45) is 5.92 Å². The molecule has 0 aliphatic carbocycles. The molecule has 0 radical (unpaired) electrons. The van der Waals surface area contributed by atoms with Crippen molar-refractivity contribution < 1.29 is 13.2 Å². The highest BCUT2D eigenvalue weighted by atomic mass is 19.4. The minimum Gasteiger partial charge on any atom is -0.312 e. The van der Waals surface area contributed by atoms with Gasteiger partial charge in [-0.3, -0.25) is 4.90 Å². The van der Waals surface area contributed by atoms with Crippen LogP contribution in [0.3, 0.4) is 0 Å². The van der Waals surface area contributed by atoms with Crippen LogP contribution in [0.15, 0.2) is 12.7 Å². The smallest absolute Gasteiger partial charge is 0.312 e. The summed E-state index contributed by atoms with van der Waals surface area (Å²) in [5, 5.41) is 3.14. The van der Waals surface area contributed by atoms with E-state index in [0.29, 0.717) is 19.5 Å². The summed E-state index contributed by atoms with van der Waals surface area (Å²) >= 11 is 0. The van der Waals surface area contributed by atoms with Crippen LogP contribution in [0.5, 0.6) is 0 Å². The molecule has 1 heterocycles. The average Bonchev–Trinajstić information content (AvgIpc) is 2.28. The maximum atomic E-state index is 12.6. The summed E-state index contributed by atoms with van der Waals surface area (Å²) in [4.78, 5) is 1.93. The lowest BCUT2D eigenvalue weighted by atomic mass is 9.96. The van der Waals surface area contributed by atoms with Gasteiger partial charge in [-0.15, -0.1) is 6.58 Å². The van der Waals surface area contributed by atoms with E-state index in [-0.39, 0.29) is 19.0 Å². The van der Waals surface area contributed by atoms with E-state index in [0.717, 1.165) is 6.54 Å². The van der Waals surface area contributed by atoms with Gasteiger partial charge in [0, 0.05) is 25.7 Å². The molecule has 1 saturated heterocycles. The molecule has 1 aliphatic heterocycles. The van der Waals surface area contributed by atoms with Gasteiger partial charge in [0.15, 0.2) is 0 Å². The van der Waals surface area contributed by atoms with E-state index >= 15 is 0 Å². The summed E-state index contributed by atoms with van der Waals surface area (Å²) in [6.07, 6.45) is -1.39. The molecule has 0 aromatic carbocycles. The number of nitrogens with zero attached hydrogens (tertiary/aromatic N) is 1. The number of alkyl halides is 3. The fraction of sp³-hybridized carbons (Fsp3) is 0.833. The van der Waals surface area contributed by atoms with Crippen LogP contribution in [0, 0.1) is 5.92 Å². The molecule has 1 fully saturated rings. The standard InChI is InChI=1S/C12H21F3N2/c1-3-6-16-8-10(2)17-7-4-5-11(9-17)12(13,14)15/h3,10-11,16H,1,4-9H2,2H3. The fourth-order valence-corrected chi connectivity index (χ4v) is 2.20. The van der Waals surface area contributed by atoms with Gasteiger partial charge in [0.2, 0.25) is 0 Å². The second-order valence-electron chi connectivity index (χ2n) is 4.67. The fourth-order valence-electron chi connectivity index (χ4n) is 2.20. The molecule has 5 heteroatoms. The van der Waals surface area contributed by atoms with Crippen molar-refractivity contribution in [2.75, 3.05) is 26.2 Å². The zero-order valence-corrected chi connectivity index (χ0v) is 10.3. The van der Waals surface area contributed by atoms with Gasteiger partial charge < -0.3 is 5.32 Å². The Morgan fingerprint density at radius 2 is 2.24 bits per heavy atom. The molecule has 17 heavy (non-hydrogen) atoms. The monoisotopic (exact) mass is 250 g/mol. The maximum Gasteiger partial charge on any atom is 0.393 e. The molecule has 0 amide bonds. The first-order valence-corrected chi connectivity index (χ1v) is 6.07. The second kappa shape index (κ2) is 6.40. The second-order valence-corrected chi connectivity index (χ2v) is 4.67. The summed E-state index contributed by atoms with van der Waals surface area (Å²) in [5.41, 5.74) is 0. The molecule has 2 unspecified atom stereocenters. The lowest BCUT2D eigenvalue weighted by Gasteiger charge is -2.37. The summed E-state index contributed by atoms with van der Waals surface area (Å²) in [6.45, 7) is 7.86. The maximum absolute atomic E-state index is 12.6. The third-order valence-electron chi connectivity index (χ3n) is 3.27. The summed E-state index contributed by atoms with van der Waals surface area (Å²) in [6, 6.07) is 0.139. The van der Waals surface area contributed by atoms with Gasteiger partial charge in [0.25, 0.3) is 0 Å². The van der Waals surface area contributed by atoms with E-state index in [1.165, 1.54) is 0 Å². The number of likely N-dealkylation sites (tertiary alicyclic amines) is 1. The first-order valence-electron chi connectivity index (χ1n) is 6.07. The van der Waals surface area contributed by atoms with Crippen molar-refractivity contribution in [3.05, 3.63) is 12.7 Å². The Morgan fingerprint density at radius 1 is 1.53 bits per heavy atom. The third kappa shape index (κ3) is 4.68. The minimum atomic E-state index is -4.05. The van der Waals surface area contributed by atoms with Crippen molar-refractivity contribution >= 4 is 0 Å². The lowest BCUT2D eigenvalue weighted by molar-refractivity contribution is -0.188. The topological polar surface area (TPSA) is 15.3 Å². The van der Waals surface area contributed by atoms with E-state index in [9.17, 15) is 13.2 Å². The number of hydrogen-bond donors (Lipinski definition) is 1. The summed E-state index contributed by atoms with van der Waals surface area (Å²) in [5.74, 6) is -1.15. The van der Waals surface area contributed by atoms with Crippen molar-refractivity contribution in [3.63, 3.8) is 0 Å². The molecular weight excluding hydrogens is 229 g/mol. The molecule has 0 aromatic rings. The predicted octanol–water partition coefficient (Wildman–Crippen LogP) is 2.42. The Bertz CT molecular complexity index is 240. The van der Waals surface area contributed by atoms with E-state index in [1.54, 1.807) is 6.08 Å². The van der Waals surface area contributed by atoms with E-state index in [2.05, 4.69) is 11.9 Å². The Hall–Kier alpha value is -0.550. The van der Waals surface area contributed by atoms with Gasteiger partial charge in [0.05, 0.1) is 5.92 Å². The van der Waals surface area contributed by atoms with Crippen molar-refractivity contribution in [1.29, 1.82) is 0 Å². The van der Waals surface area contributed by atoms with Gasteiger partial charge in [0.1, 0.15) is 0 Å². The molecule has 0 aromatic heterocycles. The van der Waals surface area contributed by atoms with Crippen LogP contribution in [-0.2, 0) is 0 Å². The Labute approximate surface area is 101 Å². The Kier molecular flexibility index (Phi) is 5.46. The molecule has 0 saturated carbocycles. The zero-order valence-electron chi connectivity index (χ0n) is 10.3. The normalized spacial score (nSPS) is 24.6. The Morgan fingerprint density at radius 3 is 2.82 bits per heavy atom. The molecule has 100 valence electrons. The van der Waals surface area contributed by atoms with Gasteiger partial charge in [-0.05, 0) is 26.3 Å². The molecule has 1 rings (SSSR count). The summed E-state index contributed by atoms with van der Waals surface area (Å²) < 4.78 is 37.9. The lowest BCUT2D eigenvalue weighted by Crippen LogP contribution is -2.48. The number of halogens is 3. The minimum absolute atomic E-state index is 0.139. The zero-order chi connectivity index (χ0) is 12.9. The van der Waals surface area contributed by atoms with Crippen molar-refractivity contribution in [1.82, 2.24) is 10.2 Å². The van der Waals surface area contributed by atoms with Gasteiger partial charge in [-0.2, -0.15) is 13.2 Å². The summed E-state index contributed by atoms with van der Waals surface area (Å²) in [7, 11) is 0. The molecule has 0 spiro atoms. The van der Waals surface area contributed by atoms with Crippen LogP contribution < -0.4 is 5.32 Å². The molecule has 2 atom stereocenters. The van der Waals surface area contributed by atoms with Crippen LogP contribution >= 0.6 is 0 Å². The molecule has 0 bridgehead atoms. The quantitative estimate of drug-likeness (QED) is 0.595. The predicted molar refractivity (Wildman–Crippen MR) is 62.9 cm³/mol. The first-order chi connectivity index (χ1) is 7.95. The van der Waals surface area contributed by atoms with E-state index in [4.69, 9.17) is 0 Å². The third-order valence-corrected chi connectivity index (χ3v) is 3.27. The number of rotatable bonds is 5. The van der Waals surface area contributed by atoms with Gasteiger partial charge in [-0.25, -0.2) is 0 Å².